The lowest BCUT2D eigenvalue weighted by Crippen LogP contribution is -2.14. The molecule has 0 saturated heterocycles. The number of alkyl halides is 3. The molecule has 0 atom stereocenters. The number of carbonyl (C=O) groups is 1. The zero-order chi connectivity index (χ0) is 26.1. The van der Waals surface area contributed by atoms with Crippen LogP contribution in [0.15, 0.2) is 71.6 Å². The van der Waals surface area contributed by atoms with Crippen LogP contribution in [0.4, 0.5) is 18.9 Å². The highest BCUT2D eigenvalue weighted by atomic mass is 32.2. The van der Waals surface area contributed by atoms with E-state index in [0.29, 0.717) is 34.6 Å². The molecule has 0 aliphatic rings. The van der Waals surface area contributed by atoms with Crippen molar-refractivity contribution in [3.8, 4) is 0 Å². The molecule has 4 rings (SSSR count). The Labute approximate surface area is 206 Å². The first-order valence-corrected chi connectivity index (χ1v) is 12.8. The first-order chi connectivity index (χ1) is 17.0. The molecule has 0 bridgehead atoms. The summed E-state index contributed by atoms with van der Waals surface area (Å²) in [5.74, 6) is 0.429. The van der Waals surface area contributed by atoms with Gasteiger partial charge in [-0.25, -0.2) is 13.4 Å². The summed E-state index contributed by atoms with van der Waals surface area (Å²) in [5.41, 5.74) is 2.73. The number of hydrogen-bond donors (Lipinski definition) is 1. The fourth-order valence-electron chi connectivity index (χ4n) is 3.84. The van der Waals surface area contributed by atoms with Crippen molar-refractivity contribution in [3.05, 3.63) is 89.2 Å². The molecule has 6 nitrogen and oxygen atoms in total. The van der Waals surface area contributed by atoms with Gasteiger partial charge in [-0.2, -0.15) is 13.2 Å². The van der Waals surface area contributed by atoms with Gasteiger partial charge in [-0.3, -0.25) is 4.79 Å². The van der Waals surface area contributed by atoms with Crippen LogP contribution >= 0.6 is 0 Å². The normalized spacial score (nSPS) is 12.1. The van der Waals surface area contributed by atoms with Gasteiger partial charge in [0.1, 0.15) is 5.82 Å². The van der Waals surface area contributed by atoms with Gasteiger partial charge < -0.3 is 9.88 Å². The van der Waals surface area contributed by atoms with Crippen molar-refractivity contribution in [1.82, 2.24) is 9.55 Å². The fraction of sp³-hybridized carbons (Fsp3) is 0.231. The molecule has 1 N–H and O–H groups in total. The second kappa shape index (κ2) is 9.77. The number of sulfone groups is 1. The monoisotopic (exact) mass is 515 g/mol. The van der Waals surface area contributed by atoms with E-state index in [1.807, 2.05) is 11.6 Å². The molecule has 0 aliphatic carbocycles. The van der Waals surface area contributed by atoms with Crippen LogP contribution in [0, 0.1) is 0 Å². The number of anilines is 1. The summed E-state index contributed by atoms with van der Waals surface area (Å²) in [5, 5.41) is 2.84. The van der Waals surface area contributed by atoms with Crippen molar-refractivity contribution in [1.29, 1.82) is 0 Å². The molecule has 10 heteroatoms. The average Bonchev–Trinajstić information content (AvgIpc) is 3.14. The lowest BCUT2D eigenvalue weighted by Gasteiger charge is -2.08. The minimum atomic E-state index is -4.38. The Hall–Kier alpha value is -3.66. The largest absolute Gasteiger partial charge is 0.416 e. The van der Waals surface area contributed by atoms with Crippen LogP contribution in [-0.4, -0.2) is 29.6 Å². The second-order valence-corrected chi connectivity index (χ2v) is 10.7. The number of amides is 1. The second-order valence-electron chi connectivity index (χ2n) is 8.43. The number of rotatable bonds is 7. The molecule has 4 aromatic rings. The van der Waals surface area contributed by atoms with Gasteiger partial charge in [-0.15, -0.1) is 0 Å². The predicted octanol–water partition coefficient (Wildman–Crippen LogP) is 5.16. The molecule has 1 amide bonds. The summed E-state index contributed by atoms with van der Waals surface area (Å²) in [7, 11) is -1.49. The highest BCUT2D eigenvalue weighted by Gasteiger charge is 2.30. The Morgan fingerprint density at radius 1 is 0.972 bits per heavy atom. The summed E-state index contributed by atoms with van der Waals surface area (Å²) >= 11 is 0. The lowest BCUT2D eigenvalue weighted by atomic mass is 10.1. The van der Waals surface area contributed by atoms with E-state index in [-0.39, 0.29) is 23.0 Å². The summed E-state index contributed by atoms with van der Waals surface area (Å²) < 4.78 is 64.1. The van der Waals surface area contributed by atoms with E-state index in [4.69, 9.17) is 0 Å². The Balaban J connectivity index is 1.46. The van der Waals surface area contributed by atoms with E-state index in [0.717, 1.165) is 17.6 Å². The van der Waals surface area contributed by atoms with Crippen molar-refractivity contribution in [2.75, 3.05) is 11.1 Å². The third kappa shape index (κ3) is 5.59. The van der Waals surface area contributed by atoms with E-state index >= 15 is 0 Å². The van der Waals surface area contributed by atoms with Gasteiger partial charge in [0.15, 0.2) is 9.84 Å². The molecule has 3 aromatic carbocycles. The lowest BCUT2D eigenvalue weighted by molar-refractivity contribution is -0.137. The van der Waals surface area contributed by atoms with E-state index < -0.39 is 21.6 Å². The van der Waals surface area contributed by atoms with E-state index in [1.54, 1.807) is 37.3 Å². The number of aromatic nitrogens is 2. The molecule has 0 spiro atoms. The molecule has 0 unspecified atom stereocenters. The zero-order valence-corrected chi connectivity index (χ0v) is 20.4. The molecule has 188 valence electrons. The first-order valence-electron chi connectivity index (χ1n) is 11.2. The number of benzene rings is 3. The topological polar surface area (TPSA) is 81.1 Å². The van der Waals surface area contributed by atoms with Crippen LogP contribution in [0.3, 0.4) is 0 Å². The quantitative estimate of drug-likeness (QED) is 0.369. The van der Waals surface area contributed by atoms with Crippen LogP contribution in [0.25, 0.3) is 11.0 Å². The van der Waals surface area contributed by atoms with Gasteiger partial charge in [0, 0.05) is 19.2 Å². The molecular formula is C26H24F3N3O3S. The Kier molecular flexibility index (Phi) is 6.90. The number of aryl methyl sites for hydroxylation is 1. The molecule has 1 aromatic heterocycles. The molecule has 0 saturated carbocycles. The minimum absolute atomic E-state index is 0.00930. The third-order valence-electron chi connectivity index (χ3n) is 5.93. The Morgan fingerprint density at radius 3 is 2.22 bits per heavy atom. The van der Waals surface area contributed by atoms with Crippen molar-refractivity contribution >= 4 is 32.5 Å². The average molecular weight is 516 g/mol. The third-order valence-corrected chi connectivity index (χ3v) is 7.68. The van der Waals surface area contributed by atoms with Crippen LogP contribution in [0.1, 0.15) is 29.4 Å². The van der Waals surface area contributed by atoms with Crippen molar-refractivity contribution in [3.63, 3.8) is 0 Å². The molecule has 0 radical (unpaired) electrons. The Bertz CT molecular complexity index is 1510. The number of halogens is 3. The summed E-state index contributed by atoms with van der Waals surface area (Å²) in [6, 6.07) is 16.5. The number of fused-ring (bicyclic) bond motifs is 1. The summed E-state index contributed by atoms with van der Waals surface area (Å²) in [6.07, 6.45) is -3.94. The standard InChI is InChI=1S/C26H24F3N3O3S/c1-3-36(34,35)21-11-6-18(7-12-21)15-25(33)30-20-10-13-22-23(16-20)32(2)24(31-22)14-17-4-8-19(9-5-17)26(27,28)29/h4-13,16H,3,14-15H2,1-2H3,(H,30,33). The van der Waals surface area contributed by atoms with Crippen molar-refractivity contribution in [2.45, 2.75) is 30.8 Å². The first kappa shape index (κ1) is 25.4. The van der Waals surface area contributed by atoms with Gasteiger partial charge in [0.05, 0.1) is 33.7 Å². The number of imidazole rings is 1. The maximum absolute atomic E-state index is 12.8. The molecular weight excluding hydrogens is 491 g/mol. The number of hydrogen-bond acceptors (Lipinski definition) is 4. The number of carbonyl (C=O) groups excluding carboxylic acids is 1. The highest BCUT2D eigenvalue weighted by Crippen LogP contribution is 2.29. The van der Waals surface area contributed by atoms with Crippen LogP contribution in [0.2, 0.25) is 0 Å². The molecule has 0 aliphatic heterocycles. The minimum Gasteiger partial charge on any atom is -0.331 e. The molecule has 36 heavy (non-hydrogen) atoms. The molecule has 0 fully saturated rings. The van der Waals surface area contributed by atoms with Crippen LogP contribution in [-0.2, 0) is 40.7 Å². The van der Waals surface area contributed by atoms with Gasteiger partial charge in [0.25, 0.3) is 0 Å². The Morgan fingerprint density at radius 2 is 1.61 bits per heavy atom. The van der Waals surface area contributed by atoms with Crippen molar-refractivity contribution < 1.29 is 26.4 Å². The SMILES string of the molecule is CCS(=O)(=O)c1ccc(CC(=O)Nc2ccc3nc(Cc4ccc(C(F)(F)F)cc4)n(C)c3c2)cc1. The predicted molar refractivity (Wildman–Crippen MR) is 131 cm³/mol. The van der Waals surface area contributed by atoms with Gasteiger partial charge in [-0.05, 0) is 53.6 Å². The van der Waals surface area contributed by atoms with Crippen LogP contribution in [0.5, 0.6) is 0 Å². The fourth-order valence-corrected chi connectivity index (χ4v) is 4.73. The van der Waals surface area contributed by atoms with Gasteiger partial charge in [-0.1, -0.05) is 31.2 Å². The maximum atomic E-state index is 12.8. The van der Waals surface area contributed by atoms with E-state index in [9.17, 15) is 26.4 Å². The zero-order valence-electron chi connectivity index (χ0n) is 19.6. The van der Waals surface area contributed by atoms with Gasteiger partial charge in [0.2, 0.25) is 5.91 Å². The summed E-state index contributed by atoms with van der Waals surface area (Å²) in [4.78, 5) is 17.4. The molecule has 1 heterocycles. The number of nitrogens with one attached hydrogen (secondary N) is 1. The van der Waals surface area contributed by atoms with Crippen molar-refractivity contribution in [2.24, 2.45) is 7.05 Å². The van der Waals surface area contributed by atoms with Gasteiger partial charge >= 0.3 is 6.18 Å². The van der Waals surface area contributed by atoms with Crippen LogP contribution < -0.4 is 5.32 Å². The number of nitrogens with zero attached hydrogens (tertiary/aromatic N) is 2. The smallest absolute Gasteiger partial charge is 0.331 e. The summed E-state index contributed by atoms with van der Waals surface area (Å²) in [6.45, 7) is 1.58. The maximum Gasteiger partial charge on any atom is 0.416 e. The van der Waals surface area contributed by atoms with E-state index in [2.05, 4.69) is 10.3 Å². The van der Waals surface area contributed by atoms with E-state index in [1.165, 1.54) is 24.3 Å². The highest BCUT2D eigenvalue weighted by molar-refractivity contribution is 7.91.